The molecule has 3 nitrogen and oxygen atoms in total. The zero-order valence-corrected chi connectivity index (χ0v) is 19.7. The van der Waals surface area contributed by atoms with E-state index >= 15 is 0 Å². The van der Waals surface area contributed by atoms with Crippen molar-refractivity contribution in [1.29, 1.82) is 0 Å². The molecule has 0 unspecified atom stereocenters. The number of carbonyl (C=O) groups excluding carboxylic acids is 1. The fourth-order valence-corrected chi connectivity index (χ4v) is 2.96. The highest BCUT2D eigenvalue weighted by Gasteiger charge is 2.02. The Hall–Kier alpha value is 0.320. The predicted molar refractivity (Wildman–Crippen MR) is 119 cm³/mol. The minimum atomic E-state index is 0.281. The molecule has 0 rings (SSSR count). The summed E-state index contributed by atoms with van der Waals surface area (Å²) in [5.41, 5.74) is 0. The van der Waals surface area contributed by atoms with E-state index in [4.69, 9.17) is 5.11 Å². The quantitative estimate of drug-likeness (QED) is 0.128. The molecule has 0 aliphatic rings. The van der Waals surface area contributed by atoms with Crippen LogP contribution in [0.1, 0.15) is 96.8 Å². The van der Waals surface area contributed by atoms with E-state index in [1.807, 2.05) is 22.6 Å². The summed E-state index contributed by atoms with van der Waals surface area (Å²) in [5, 5.41) is 8.39. The Morgan fingerprint density at radius 1 is 0.760 bits per heavy atom. The molecule has 0 aromatic heterocycles. The van der Waals surface area contributed by atoms with Crippen LogP contribution in [0.4, 0.5) is 0 Å². The SMILES string of the molecule is CCCCCCCCCCCCCCCC(=O)I.C[N+](C)(C)CCO. The zero-order valence-electron chi connectivity index (χ0n) is 17.5. The maximum Gasteiger partial charge on any atom is 0.192 e. The fraction of sp³-hybridized carbons (Fsp3) is 0.952. The zero-order chi connectivity index (χ0) is 19.4. The maximum absolute atomic E-state index is 10.7. The highest BCUT2D eigenvalue weighted by molar-refractivity contribution is 14.1. The Balaban J connectivity index is 0. The summed E-state index contributed by atoms with van der Waals surface area (Å²) in [6.07, 6.45) is 18.6. The van der Waals surface area contributed by atoms with E-state index < -0.39 is 0 Å². The number of nitrogens with zero attached hydrogens (tertiary/aromatic N) is 1. The lowest BCUT2D eigenvalue weighted by Gasteiger charge is -2.21. The number of unbranched alkanes of at least 4 members (excludes halogenated alkanes) is 12. The van der Waals surface area contributed by atoms with Crippen LogP contribution in [-0.4, -0.2) is 47.7 Å². The number of likely N-dealkylation sites (N-methyl/N-ethyl adjacent to an activating group) is 1. The molecule has 0 aliphatic carbocycles. The molecule has 0 bridgehead atoms. The topological polar surface area (TPSA) is 37.3 Å². The average molecular weight is 471 g/mol. The first-order valence-electron chi connectivity index (χ1n) is 10.4. The number of halogens is 1. The van der Waals surface area contributed by atoms with Crippen LogP contribution in [0.2, 0.25) is 0 Å². The molecule has 25 heavy (non-hydrogen) atoms. The van der Waals surface area contributed by atoms with Crippen LogP contribution in [-0.2, 0) is 4.79 Å². The number of hydrogen-bond donors (Lipinski definition) is 1. The lowest BCUT2D eigenvalue weighted by Crippen LogP contribution is -2.36. The normalized spacial score (nSPS) is 11.1. The molecule has 1 N–H and O–H groups in total. The van der Waals surface area contributed by atoms with E-state index in [1.54, 1.807) is 0 Å². The second-order valence-electron chi connectivity index (χ2n) is 8.09. The van der Waals surface area contributed by atoms with E-state index in [0.29, 0.717) is 3.79 Å². The molecule has 152 valence electrons. The van der Waals surface area contributed by atoms with Crippen LogP contribution in [0, 0.1) is 0 Å². The molecule has 0 saturated carbocycles. The number of hydrogen-bond acceptors (Lipinski definition) is 2. The third-order valence-corrected chi connectivity index (χ3v) is 4.79. The van der Waals surface area contributed by atoms with Crippen molar-refractivity contribution in [3.63, 3.8) is 0 Å². The molecular formula is C21H45INO2+. The largest absolute Gasteiger partial charge is 0.391 e. The summed E-state index contributed by atoms with van der Waals surface area (Å²) in [6, 6.07) is 0. The standard InChI is InChI=1S/C16H31IO.C5H14NO/c1-2-3-4-5-6-7-8-9-10-11-12-13-14-15-16(17)18;1-6(2,3)4-5-7/h2-15H2,1H3;7H,4-5H2,1-3H3/q;+1. The van der Waals surface area contributed by atoms with Crippen LogP contribution < -0.4 is 0 Å². The Bertz CT molecular complexity index is 278. The van der Waals surface area contributed by atoms with Gasteiger partial charge in [0.25, 0.3) is 0 Å². The molecule has 0 saturated heterocycles. The third-order valence-electron chi connectivity index (χ3n) is 4.25. The molecule has 0 aromatic carbocycles. The van der Waals surface area contributed by atoms with Crippen molar-refractivity contribution >= 4 is 26.4 Å². The molecule has 0 amide bonds. The van der Waals surface area contributed by atoms with Gasteiger partial charge in [0, 0.05) is 6.42 Å². The molecule has 0 atom stereocenters. The van der Waals surface area contributed by atoms with Crippen LogP contribution in [0.15, 0.2) is 0 Å². The Labute approximate surface area is 171 Å². The van der Waals surface area contributed by atoms with Crippen molar-refractivity contribution in [2.45, 2.75) is 96.8 Å². The smallest absolute Gasteiger partial charge is 0.192 e. The number of aliphatic hydroxyl groups is 1. The molecule has 0 aliphatic heterocycles. The van der Waals surface area contributed by atoms with Gasteiger partial charge < -0.3 is 9.59 Å². The summed E-state index contributed by atoms with van der Waals surface area (Å²) in [4.78, 5) is 10.7. The second-order valence-corrected chi connectivity index (χ2v) is 9.29. The summed E-state index contributed by atoms with van der Waals surface area (Å²) < 4.78 is 1.16. The van der Waals surface area contributed by atoms with Gasteiger partial charge in [-0.15, -0.1) is 0 Å². The van der Waals surface area contributed by atoms with Gasteiger partial charge >= 0.3 is 0 Å². The minimum absolute atomic E-state index is 0.281. The van der Waals surface area contributed by atoms with Gasteiger partial charge in [-0.3, -0.25) is 4.79 Å². The Kier molecular flexibility index (Phi) is 22.7. The summed E-state index contributed by atoms with van der Waals surface area (Å²) in [6.45, 7) is 3.39. The second kappa shape index (κ2) is 20.6. The van der Waals surface area contributed by atoms with E-state index in [0.717, 1.165) is 23.9 Å². The molecule has 0 spiro atoms. The summed E-state index contributed by atoms with van der Waals surface area (Å²) >= 11 is 1.90. The lowest BCUT2D eigenvalue weighted by molar-refractivity contribution is -0.870. The van der Waals surface area contributed by atoms with Gasteiger partial charge in [-0.05, 0) is 29.0 Å². The van der Waals surface area contributed by atoms with E-state index in [2.05, 4.69) is 28.1 Å². The van der Waals surface area contributed by atoms with Crippen molar-refractivity contribution < 1.29 is 14.4 Å². The predicted octanol–water partition coefficient (Wildman–Crippen LogP) is 6.11. The summed E-state index contributed by atoms with van der Waals surface area (Å²) in [7, 11) is 6.16. The minimum Gasteiger partial charge on any atom is -0.391 e. The van der Waals surface area contributed by atoms with Crippen molar-refractivity contribution in [3.8, 4) is 0 Å². The van der Waals surface area contributed by atoms with Crippen molar-refractivity contribution in [2.75, 3.05) is 34.3 Å². The molecule has 4 heteroatoms. The number of carbonyl (C=O) groups is 1. The molecule has 0 heterocycles. The highest BCUT2D eigenvalue weighted by atomic mass is 127. The van der Waals surface area contributed by atoms with Gasteiger partial charge in [0.1, 0.15) is 6.54 Å². The molecule has 0 aromatic rings. The Morgan fingerprint density at radius 3 is 1.36 bits per heavy atom. The number of aliphatic hydroxyl groups excluding tert-OH is 1. The maximum atomic E-state index is 10.7. The summed E-state index contributed by atoms with van der Waals surface area (Å²) in [5.74, 6) is 0. The first kappa shape index (κ1) is 27.5. The van der Waals surface area contributed by atoms with Gasteiger partial charge in [0.15, 0.2) is 3.79 Å². The van der Waals surface area contributed by atoms with E-state index in [9.17, 15) is 4.79 Å². The third kappa shape index (κ3) is 32.5. The van der Waals surface area contributed by atoms with Gasteiger partial charge in [-0.25, -0.2) is 0 Å². The van der Waals surface area contributed by atoms with Crippen LogP contribution in [0.5, 0.6) is 0 Å². The monoisotopic (exact) mass is 470 g/mol. The number of rotatable bonds is 16. The van der Waals surface area contributed by atoms with Crippen molar-refractivity contribution in [2.24, 2.45) is 0 Å². The van der Waals surface area contributed by atoms with Crippen LogP contribution in [0.3, 0.4) is 0 Å². The number of quaternary nitrogens is 1. The molecular weight excluding hydrogens is 425 g/mol. The lowest BCUT2D eigenvalue weighted by atomic mass is 10.0. The Morgan fingerprint density at radius 2 is 1.12 bits per heavy atom. The molecule has 0 radical (unpaired) electrons. The average Bonchev–Trinajstić information content (AvgIpc) is 2.51. The van der Waals surface area contributed by atoms with Crippen LogP contribution >= 0.6 is 22.6 Å². The fourth-order valence-electron chi connectivity index (χ4n) is 2.58. The van der Waals surface area contributed by atoms with Crippen LogP contribution in [0.25, 0.3) is 0 Å². The van der Waals surface area contributed by atoms with Crippen molar-refractivity contribution in [1.82, 2.24) is 0 Å². The first-order chi connectivity index (χ1) is 11.8. The van der Waals surface area contributed by atoms with Gasteiger partial charge in [-0.2, -0.15) is 0 Å². The van der Waals surface area contributed by atoms with Gasteiger partial charge in [-0.1, -0.05) is 84.0 Å². The molecule has 0 fully saturated rings. The van der Waals surface area contributed by atoms with Gasteiger partial charge in [0.05, 0.1) is 27.7 Å². The van der Waals surface area contributed by atoms with Crippen molar-refractivity contribution in [3.05, 3.63) is 0 Å². The van der Waals surface area contributed by atoms with E-state index in [-0.39, 0.29) is 6.61 Å². The van der Waals surface area contributed by atoms with Gasteiger partial charge in [0.2, 0.25) is 0 Å². The van der Waals surface area contributed by atoms with E-state index in [1.165, 1.54) is 77.0 Å². The first-order valence-corrected chi connectivity index (χ1v) is 11.5. The highest BCUT2D eigenvalue weighted by Crippen LogP contribution is 2.13.